The van der Waals surface area contributed by atoms with Crippen LogP contribution in [0.5, 0.6) is 0 Å². The van der Waals surface area contributed by atoms with Gasteiger partial charge in [-0.15, -0.1) is 0 Å². The minimum Gasteiger partial charge on any atom is -0.376 e. The van der Waals surface area contributed by atoms with Crippen molar-refractivity contribution in [2.75, 3.05) is 29.0 Å². The van der Waals surface area contributed by atoms with Gasteiger partial charge >= 0.3 is 0 Å². The highest BCUT2D eigenvalue weighted by Crippen LogP contribution is 2.14. The lowest BCUT2D eigenvalue weighted by Gasteiger charge is -2.10. The molecule has 148 valence electrons. The Kier molecular flexibility index (Phi) is 8.02. The Hall–Kier alpha value is -3.35. The van der Waals surface area contributed by atoms with Crippen LogP contribution >= 0.6 is 0 Å². The molecule has 0 aliphatic rings. The van der Waals surface area contributed by atoms with E-state index < -0.39 is 0 Å². The van der Waals surface area contributed by atoms with Crippen LogP contribution in [0.4, 0.5) is 17.1 Å². The van der Waals surface area contributed by atoms with Crippen LogP contribution in [0.2, 0.25) is 0 Å². The molecule has 7 nitrogen and oxygen atoms in total. The number of carbonyl (C=O) groups excluding carboxylic acids is 3. The molecular weight excluding hydrogens is 356 g/mol. The number of carbonyl (C=O) groups is 3. The van der Waals surface area contributed by atoms with Gasteiger partial charge < -0.3 is 21.3 Å². The predicted molar refractivity (Wildman–Crippen MR) is 112 cm³/mol. The smallest absolute Gasteiger partial charge is 0.251 e. The van der Waals surface area contributed by atoms with E-state index >= 15 is 0 Å². The molecule has 0 heterocycles. The second-order valence-corrected chi connectivity index (χ2v) is 6.22. The second-order valence-electron chi connectivity index (χ2n) is 6.22. The number of amides is 3. The molecule has 2 aromatic rings. The summed E-state index contributed by atoms with van der Waals surface area (Å²) in [4.78, 5) is 35.6. The van der Waals surface area contributed by atoms with E-state index in [-0.39, 0.29) is 24.3 Å². The van der Waals surface area contributed by atoms with Gasteiger partial charge in [0.15, 0.2) is 0 Å². The van der Waals surface area contributed by atoms with Crippen molar-refractivity contribution < 1.29 is 14.4 Å². The van der Waals surface area contributed by atoms with E-state index in [1.807, 2.05) is 13.8 Å². The zero-order valence-electron chi connectivity index (χ0n) is 16.2. The summed E-state index contributed by atoms with van der Waals surface area (Å²) in [5, 5.41) is 11.3. The molecule has 0 radical (unpaired) electrons. The summed E-state index contributed by atoms with van der Waals surface area (Å²) >= 11 is 0. The summed E-state index contributed by atoms with van der Waals surface area (Å²) in [5.41, 5.74) is 2.54. The normalized spacial score (nSPS) is 10.1. The number of hydrogen-bond donors (Lipinski definition) is 4. The van der Waals surface area contributed by atoms with E-state index in [4.69, 9.17) is 0 Å². The first kappa shape index (κ1) is 21.0. The molecule has 2 rings (SSSR count). The van der Waals surface area contributed by atoms with Gasteiger partial charge in [-0.05, 0) is 55.8 Å². The maximum Gasteiger partial charge on any atom is 0.251 e. The van der Waals surface area contributed by atoms with Gasteiger partial charge in [-0.25, -0.2) is 0 Å². The van der Waals surface area contributed by atoms with Crippen molar-refractivity contribution in [3.63, 3.8) is 0 Å². The molecule has 0 saturated heterocycles. The lowest BCUT2D eigenvalue weighted by molar-refractivity contribution is -0.116. The molecule has 0 unspecified atom stereocenters. The summed E-state index contributed by atoms with van der Waals surface area (Å²) in [5.74, 6) is -0.423. The van der Waals surface area contributed by atoms with Crippen molar-refractivity contribution in [2.45, 2.75) is 26.7 Å². The van der Waals surface area contributed by atoms with E-state index in [1.54, 1.807) is 48.5 Å². The topological polar surface area (TPSA) is 99.3 Å². The van der Waals surface area contributed by atoms with Crippen molar-refractivity contribution >= 4 is 34.8 Å². The molecule has 0 saturated carbocycles. The molecule has 0 spiro atoms. The van der Waals surface area contributed by atoms with Gasteiger partial charge in [0, 0.05) is 35.6 Å². The maximum absolute atomic E-state index is 12.1. The van der Waals surface area contributed by atoms with Crippen molar-refractivity contribution in [1.29, 1.82) is 0 Å². The maximum atomic E-state index is 12.1. The van der Waals surface area contributed by atoms with Gasteiger partial charge in [0.25, 0.3) is 5.91 Å². The van der Waals surface area contributed by atoms with Crippen molar-refractivity contribution in [3.05, 3.63) is 54.1 Å². The highest BCUT2D eigenvalue weighted by atomic mass is 16.2. The molecule has 28 heavy (non-hydrogen) atoms. The monoisotopic (exact) mass is 382 g/mol. The fourth-order valence-corrected chi connectivity index (χ4v) is 2.51. The van der Waals surface area contributed by atoms with Crippen LogP contribution in [0.3, 0.4) is 0 Å². The van der Waals surface area contributed by atoms with Crippen LogP contribution in [0.25, 0.3) is 0 Å². The molecule has 0 atom stereocenters. The van der Waals surface area contributed by atoms with Gasteiger partial charge in [0.1, 0.15) is 0 Å². The van der Waals surface area contributed by atoms with Crippen LogP contribution in [0.1, 0.15) is 37.0 Å². The largest absolute Gasteiger partial charge is 0.376 e. The minimum absolute atomic E-state index is 0.0163. The van der Waals surface area contributed by atoms with Crippen LogP contribution in [0.15, 0.2) is 48.5 Å². The number of anilines is 3. The standard InChI is InChI=1S/C21H26N4O3/c1-3-6-19(26)24-17-11-9-16(10-12-17)23-14-20(27)25-18-8-5-7-15(13-18)21(28)22-4-2/h5,7-13,23H,3-4,6,14H2,1-2H3,(H,22,28)(H,24,26)(H,25,27). The summed E-state index contributed by atoms with van der Waals surface area (Å²) in [6.45, 7) is 4.42. The fraction of sp³-hybridized carbons (Fsp3) is 0.286. The lowest BCUT2D eigenvalue weighted by Crippen LogP contribution is -2.24. The Morgan fingerprint density at radius 1 is 0.821 bits per heavy atom. The molecule has 0 fully saturated rings. The first-order chi connectivity index (χ1) is 13.5. The highest BCUT2D eigenvalue weighted by Gasteiger charge is 2.07. The van der Waals surface area contributed by atoms with Crippen molar-refractivity contribution in [3.8, 4) is 0 Å². The number of benzene rings is 2. The third-order valence-electron chi connectivity index (χ3n) is 3.84. The summed E-state index contributed by atoms with van der Waals surface area (Å²) in [7, 11) is 0. The van der Waals surface area contributed by atoms with E-state index in [0.29, 0.717) is 24.2 Å². The molecule has 0 aromatic heterocycles. The Morgan fingerprint density at radius 2 is 1.50 bits per heavy atom. The zero-order valence-corrected chi connectivity index (χ0v) is 16.2. The molecule has 4 N–H and O–H groups in total. The molecule has 0 aliphatic heterocycles. The molecule has 2 aromatic carbocycles. The van der Waals surface area contributed by atoms with Gasteiger partial charge in [-0.2, -0.15) is 0 Å². The van der Waals surface area contributed by atoms with E-state index in [9.17, 15) is 14.4 Å². The minimum atomic E-state index is -0.228. The average Bonchev–Trinajstić information content (AvgIpc) is 2.68. The lowest BCUT2D eigenvalue weighted by atomic mass is 10.2. The van der Waals surface area contributed by atoms with Crippen LogP contribution < -0.4 is 21.3 Å². The van der Waals surface area contributed by atoms with E-state index in [0.717, 1.165) is 17.8 Å². The van der Waals surface area contributed by atoms with Gasteiger partial charge in [0.05, 0.1) is 6.54 Å². The van der Waals surface area contributed by atoms with Gasteiger partial charge in [-0.1, -0.05) is 13.0 Å². The average molecular weight is 382 g/mol. The van der Waals surface area contributed by atoms with Crippen LogP contribution in [-0.2, 0) is 9.59 Å². The molecular formula is C21H26N4O3. The molecule has 0 bridgehead atoms. The highest BCUT2D eigenvalue weighted by molar-refractivity contribution is 5.98. The predicted octanol–water partition coefficient (Wildman–Crippen LogP) is 3.23. The molecule has 7 heteroatoms. The number of nitrogens with one attached hydrogen (secondary N) is 4. The molecule has 0 aliphatic carbocycles. The number of rotatable bonds is 9. The van der Waals surface area contributed by atoms with Gasteiger partial charge in [0.2, 0.25) is 11.8 Å². The Morgan fingerprint density at radius 3 is 2.18 bits per heavy atom. The summed E-state index contributed by atoms with van der Waals surface area (Å²) < 4.78 is 0. The fourth-order valence-electron chi connectivity index (χ4n) is 2.51. The van der Waals surface area contributed by atoms with E-state index in [2.05, 4.69) is 21.3 Å². The number of hydrogen-bond acceptors (Lipinski definition) is 4. The SMILES string of the molecule is CCCC(=O)Nc1ccc(NCC(=O)Nc2cccc(C(=O)NCC)c2)cc1. The van der Waals surface area contributed by atoms with Crippen molar-refractivity contribution in [1.82, 2.24) is 5.32 Å². The first-order valence-electron chi connectivity index (χ1n) is 9.33. The summed E-state index contributed by atoms with van der Waals surface area (Å²) in [6.07, 6.45) is 1.29. The first-order valence-corrected chi connectivity index (χ1v) is 9.33. The Labute approximate surface area is 164 Å². The molecule has 3 amide bonds. The second kappa shape index (κ2) is 10.7. The van der Waals surface area contributed by atoms with E-state index in [1.165, 1.54) is 0 Å². The summed E-state index contributed by atoms with van der Waals surface area (Å²) in [6, 6.07) is 13.9. The quantitative estimate of drug-likeness (QED) is 0.535. The third kappa shape index (κ3) is 6.75. The van der Waals surface area contributed by atoms with Gasteiger partial charge in [-0.3, -0.25) is 14.4 Å². The Bertz CT molecular complexity index is 819. The Balaban J connectivity index is 1.85. The zero-order chi connectivity index (χ0) is 20.4. The third-order valence-corrected chi connectivity index (χ3v) is 3.84. The van der Waals surface area contributed by atoms with Crippen molar-refractivity contribution in [2.24, 2.45) is 0 Å². The van der Waals surface area contributed by atoms with Crippen LogP contribution in [-0.4, -0.2) is 30.8 Å². The van der Waals surface area contributed by atoms with Crippen LogP contribution in [0, 0.1) is 0 Å².